The third-order valence-electron chi connectivity index (χ3n) is 4.47. The number of piperazine rings is 1. The molecule has 0 aliphatic carbocycles. The van der Waals surface area contributed by atoms with Crippen LogP contribution < -0.4 is 10.6 Å². The summed E-state index contributed by atoms with van der Waals surface area (Å²) < 4.78 is 12.9. The summed E-state index contributed by atoms with van der Waals surface area (Å²) in [7, 11) is 0. The van der Waals surface area contributed by atoms with E-state index in [0.717, 1.165) is 12.8 Å². The van der Waals surface area contributed by atoms with Gasteiger partial charge in [0.05, 0.1) is 6.54 Å². The lowest BCUT2D eigenvalue weighted by atomic mass is 10.2. The Morgan fingerprint density at radius 1 is 1.08 bits per heavy atom. The van der Waals surface area contributed by atoms with Crippen LogP contribution in [0.25, 0.3) is 0 Å². The Hall–Kier alpha value is -2.15. The second-order valence-electron chi connectivity index (χ2n) is 6.28. The quantitative estimate of drug-likeness (QED) is 0.827. The third kappa shape index (κ3) is 6.01. The van der Waals surface area contributed by atoms with Crippen molar-refractivity contribution in [3.63, 3.8) is 0 Å². The van der Waals surface area contributed by atoms with Crippen molar-refractivity contribution in [2.45, 2.75) is 32.7 Å². The average molecular weight is 350 g/mol. The van der Waals surface area contributed by atoms with Gasteiger partial charge in [0.1, 0.15) is 5.82 Å². The van der Waals surface area contributed by atoms with Crippen LogP contribution in [0.1, 0.15) is 26.7 Å². The number of benzene rings is 1. The van der Waals surface area contributed by atoms with Gasteiger partial charge in [0, 0.05) is 37.9 Å². The molecule has 0 atom stereocenters. The molecule has 1 aromatic rings. The van der Waals surface area contributed by atoms with E-state index in [9.17, 15) is 14.0 Å². The van der Waals surface area contributed by atoms with Crippen molar-refractivity contribution in [3.05, 3.63) is 30.1 Å². The summed E-state index contributed by atoms with van der Waals surface area (Å²) in [5.74, 6) is -0.470. The minimum atomic E-state index is -0.333. The van der Waals surface area contributed by atoms with Crippen molar-refractivity contribution in [2.75, 3.05) is 38.0 Å². The topological polar surface area (TPSA) is 64.7 Å². The van der Waals surface area contributed by atoms with Crippen LogP contribution in [0, 0.1) is 5.82 Å². The van der Waals surface area contributed by atoms with Crippen molar-refractivity contribution in [3.8, 4) is 0 Å². The van der Waals surface area contributed by atoms with Gasteiger partial charge in [-0.2, -0.15) is 0 Å². The first-order valence-electron chi connectivity index (χ1n) is 8.85. The van der Waals surface area contributed by atoms with Gasteiger partial charge in [-0.25, -0.2) is 9.18 Å². The zero-order valence-corrected chi connectivity index (χ0v) is 14.9. The molecule has 6 nitrogen and oxygen atoms in total. The van der Waals surface area contributed by atoms with Crippen LogP contribution in [0.15, 0.2) is 24.3 Å². The number of carbonyl (C=O) groups is 2. The van der Waals surface area contributed by atoms with E-state index in [1.807, 2.05) is 4.90 Å². The lowest BCUT2D eigenvalue weighted by Crippen LogP contribution is -2.54. The number of hydrogen-bond donors (Lipinski definition) is 2. The van der Waals surface area contributed by atoms with Crippen LogP contribution in [0.2, 0.25) is 0 Å². The Morgan fingerprint density at radius 2 is 1.68 bits per heavy atom. The maximum Gasteiger partial charge on any atom is 0.317 e. The van der Waals surface area contributed by atoms with Crippen molar-refractivity contribution < 1.29 is 14.0 Å². The van der Waals surface area contributed by atoms with E-state index in [-0.39, 0.29) is 30.3 Å². The Labute approximate surface area is 148 Å². The monoisotopic (exact) mass is 350 g/mol. The van der Waals surface area contributed by atoms with Crippen LogP contribution >= 0.6 is 0 Å². The summed E-state index contributed by atoms with van der Waals surface area (Å²) >= 11 is 0. The summed E-state index contributed by atoms with van der Waals surface area (Å²) in [5.41, 5.74) is 0.578. The summed E-state index contributed by atoms with van der Waals surface area (Å²) in [6, 6.07) is 5.89. The van der Waals surface area contributed by atoms with Gasteiger partial charge in [-0.1, -0.05) is 13.8 Å². The maximum absolute atomic E-state index is 12.9. The third-order valence-corrected chi connectivity index (χ3v) is 4.47. The van der Waals surface area contributed by atoms with E-state index < -0.39 is 0 Å². The first-order valence-corrected chi connectivity index (χ1v) is 8.85. The molecule has 25 heavy (non-hydrogen) atoms. The van der Waals surface area contributed by atoms with Gasteiger partial charge >= 0.3 is 6.03 Å². The smallest absolute Gasteiger partial charge is 0.317 e. The number of hydrogen-bond acceptors (Lipinski definition) is 3. The van der Waals surface area contributed by atoms with Crippen LogP contribution in [0.4, 0.5) is 14.9 Å². The molecule has 0 bridgehead atoms. The lowest BCUT2D eigenvalue weighted by Gasteiger charge is -2.35. The average Bonchev–Trinajstić information content (AvgIpc) is 2.62. The molecule has 1 aliphatic heterocycles. The second kappa shape index (κ2) is 9.36. The fourth-order valence-electron chi connectivity index (χ4n) is 2.80. The number of nitrogens with zero attached hydrogens (tertiary/aromatic N) is 2. The minimum Gasteiger partial charge on any atom is -0.335 e. The Bertz CT molecular complexity index is 567. The molecule has 0 aromatic heterocycles. The summed E-state index contributed by atoms with van der Waals surface area (Å²) in [4.78, 5) is 28.1. The van der Waals surface area contributed by atoms with Crippen LogP contribution in [-0.2, 0) is 4.79 Å². The van der Waals surface area contributed by atoms with Gasteiger partial charge in [-0.3, -0.25) is 9.69 Å². The van der Waals surface area contributed by atoms with Gasteiger partial charge in [0.25, 0.3) is 0 Å². The number of amides is 3. The molecule has 0 unspecified atom stereocenters. The zero-order chi connectivity index (χ0) is 18.2. The number of urea groups is 1. The van der Waals surface area contributed by atoms with Crippen molar-refractivity contribution in [1.82, 2.24) is 15.1 Å². The fraction of sp³-hybridized carbons (Fsp3) is 0.556. The SMILES string of the molecule is CCC(CC)NC(=O)N1CCN(CC(=O)Nc2ccc(F)cc2)CC1. The standard InChI is InChI=1S/C18H27FN4O2/c1-3-15(4-2)21-18(25)23-11-9-22(10-12-23)13-17(24)20-16-7-5-14(19)6-8-16/h5-8,15H,3-4,9-13H2,1-2H3,(H,20,24)(H,21,25). The summed E-state index contributed by atoms with van der Waals surface area (Å²) in [6.07, 6.45) is 1.84. The van der Waals surface area contributed by atoms with Gasteiger partial charge in [0.15, 0.2) is 0 Å². The number of halogens is 1. The molecule has 3 amide bonds. The molecule has 1 aliphatic rings. The molecule has 2 rings (SSSR count). The normalized spacial score (nSPS) is 15.3. The van der Waals surface area contributed by atoms with Gasteiger partial charge in [0.2, 0.25) is 5.91 Å². The second-order valence-corrected chi connectivity index (χ2v) is 6.28. The highest BCUT2D eigenvalue weighted by Gasteiger charge is 2.23. The van der Waals surface area contributed by atoms with Crippen molar-refractivity contribution in [2.24, 2.45) is 0 Å². The fourth-order valence-corrected chi connectivity index (χ4v) is 2.80. The first kappa shape index (κ1) is 19.2. The van der Waals surface area contributed by atoms with E-state index in [1.54, 1.807) is 4.90 Å². The number of rotatable bonds is 6. The molecular formula is C18H27FN4O2. The van der Waals surface area contributed by atoms with E-state index in [4.69, 9.17) is 0 Å². The Kier molecular flexibility index (Phi) is 7.18. The molecule has 1 heterocycles. The molecule has 1 fully saturated rings. The number of anilines is 1. The zero-order valence-electron chi connectivity index (χ0n) is 14.9. The van der Waals surface area contributed by atoms with E-state index in [2.05, 4.69) is 24.5 Å². The van der Waals surface area contributed by atoms with Crippen LogP contribution in [-0.4, -0.2) is 60.5 Å². The van der Waals surface area contributed by atoms with Gasteiger partial charge < -0.3 is 15.5 Å². The molecule has 0 radical (unpaired) electrons. The largest absolute Gasteiger partial charge is 0.335 e. The van der Waals surface area contributed by atoms with Gasteiger partial charge in [-0.05, 0) is 37.1 Å². The molecule has 0 saturated carbocycles. The molecule has 1 aromatic carbocycles. The van der Waals surface area contributed by atoms with Crippen LogP contribution in [0.5, 0.6) is 0 Å². The first-order chi connectivity index (χ1) is 12.0. The highest BCUT2D eigenvalue weighted by molar-refractivity contribution is 5.92. The molecular weight excluding hydrogens is 323 g/mol. The van der Waals surface area contributed by atoms with Crippen LogP contribution in [0.3, 0.4) is 0 Å². The number of nitrogens with one attached hydrogen (secondary N) is 2. The summed E-state index contributed by atoms with van der Waals surface area (Å²) in [5, 5.41) is 5.79. The molecule has 0 spiro atoms. The minimum absolute atomic E-state index is 0.0240. The lowest BCUT2D eigenvalue weighted by molar-refractivity contribution is -0.117. The molecule has 2 N–H and O–H groups in total. The van der Waals surface area contributed by atoms with E-state index in [1.165, 1.54) is 24.3 Å². The predicted molar refractivity (Wildman–Crippen MR) is 95.9 cm³/mol. The highest BCUT2D eigenvalue weighted by atomic mass is 19.1. The van der Waals surface area contributed by atoms with Gasteiger partial charge in [-0.15, -0.1) is 0 Å². The van der Waals surface area contributed by atoms with E-state index >= 15 is 0 Å². The van der Waals surface area contributed by atoms with Crippen molar-refractivity contribution >= 4 is 17.6 Å². The molecule has 138 valence electrons. The molecule has 1 saturated heterocycles. The highest BCUT2D eigenvalue weighted by Crippen LogP contribution is 2.09. The summed E-state index contributed by atoms with van der Waals surface area (Å²) in [6.45, 7) is 6.92. The van der Waals surface area contributed by atoms with E-state index in [0.29, 0.717) is 31.9 Å². The maximum atomic E-state index is 12.9. The predicted octanol–water partition coefficient (Wildman–Crippen LogP) is 2.28. The Morgan fingerprint density at radius 3 is 2.24 bits per heavy atom. The van der Waals surface area contributed by atoms with Crippen molar-refractivity contribution in [1.29, 1.82) is 0 Å². The number of carbonyl (C=O) groups excluding carboxylic acids is 2. The molecule has 7 heteroatoms. The Balaban J connectivity index is 1.73.